The third-order valence-corrected chi connectivity index (χ3v) is 7.56. The summed E-state index contributed by atoms with van der Waals surface area (Å²) < 4.78 is 5.34. The van der Waals surface area contributed by atoms with Crippen LogP contribution in [0.1, 0.15) is 71.4 Å². The fourth-order valence-electron chi connectivity index (χ4n) is 5.28. The standard InChI is InChI=1S/C31H36N2O5/c1-30(2,3)24-15-14-22(32-29(37)38-19-20-10-7-6-8-11-20)17-26(24)33-27(35)18-25(28(33)36)31(4,5)21-12-9-13-23(34)16-21/h6-8,10-11,14-17,25H,9,12-13,18-19H2,1-5H3,(H,32,37)/t25-/m0/s1. The smallest absolute Gasteiger partial charge is 0.411 e. The molecule has 3 amide bonds. The van der Waals surface area contributed by atoms with Crippen LogP contribution in [-0.4, -0.2) is 23.7 Å². The first-order valence-corrected chi connectivity index (χ1v) is 13.1. The van der Waals surface area contributed by atoms with Crippen LogP contribution in [0.15, 0.2) is 60.2 Å². The van der Waals surface area contributed by atoms with E-state index in [9.17, 15) is 19.2 Å². The summed E-state index contributed by atoms with van der Waals surface area (Å²) in [5.41, 5.74) is 2.49. The first kappa shape index (κ1) is 27.3. The molecule has 0 radical (unpaired) electrons. The van der Waals surface area contributed by atoms with Crippen LogP contribution in [-0.2, 0) is 31.1 Å². The number of rotatable bonds is 6. The SMILES string of the molecule is CC(C)(C)c1ccc(NC(=O)OCc2ccccc2)cc1N1C(=O)C[C@H](C(C)(C)C2=CC(=O)CCC2)C1=O. The van der Waals surface area contributed by atoms with Crippen LogP contribution in [0.5, 0.6) is 0 Å². The minimum Gasteiger partial charge on any atom is -0.444 e. The predicted molar refractivity (Wildman–Crippen MR) is 147 cm³/mol. The Kier molecular flexibility index (Phi) is 7.58. The highest BCUT2D eigenvalue weighted by Gasteiger charge is 2.49. The molecule has 0 unspecified atom stereocenters. The number of ketones is 1. The van der Waals surface area contributed by atoms with Crippen molar-refractivity contribution in [2.75, 3.05) is 10.2 Å². The fraction of sp³-hybridized carbons (Fsp3) is 0.419. The number of ether oxygens (including phenoxy) is 1. The maximum atomic E-state index is 13.8. The number of nitrogens with one attached hydrogen (secondary N) is 1. The summed E-state index contributed by atoms with van der Waals surface area (Å²) in [5, 5.41) is 2.73. The Morgan fingerprint density at radius 2 is 1.71 bits per heavy atom. The van der Waals surface area contributed by atoms with Gasteiger partial charge in [0.05, 0.1) is 11.6 Å². The Morgan fingerprint density at radius 3 is 2.37 bits per heavy atom. The molecule has 0 aromatic heterocycles. The average molecular weight is 517 g/mol. The predicted octanol–water partition coefficient (Wildman–Crippen LogP) is 6.32. The van der Waals surface area contributed by atoms with E-state index in [0.717, 1.165) is 29.5 Å². The van der Waals surface area contributed by atoms with Gasteiger partial charge in [-0.25, -0.2) is 9.69 Å². The van der Waals surface area contributed by atoms with Gasteiger partial charge in [0, 0.05) is 18.5 Å². The van der Waals surface area contributed by atoms with Crippen molar-refractivity contribution >= 4 is 35.1 Å². The van der Waals surface area contributed by atoms with Gasteiger partial charge in [0.2, 0.25) is 11.8 Å². The van der Waals surface area contributed by atoms with Gasteiger partial charge in [-0.1, -0.05) is 76.6 Å². The van der Waals surface area contributed by atoms with E-state index < -0.39 is 17.4 Å². The van der Waals surface area contributed by atoms with E-state index in [2.05, 4.69) is 5.32 Å². The number of allylic oxidation sites excluding steroid dienone is 2. The lowest BCUT2D eigenvalue weighted by molar-refractivity contribution is -0.124. The van der Waals surface area contributed by atoms with Gasteiger partial charge in [0.1, 0.15) is 6.61 Å². The van der Waals surface area contributed by atoms with Crippen LogP contribution in [0, 0.1) is 11.3 Å². The van der Waals surface area contributed by atoms with Crippen molar-refractivity contribution in [1.82, 2.24) is 0 Å². The number of imide groups is 1. The Balaban J connectivity index is 1.60. The van der Waals surface area contributed by atoms with Crippen molar-refractivity contribution in [3.63, 3.8) is 0 Å². The normalized spacial score (nSPS) is 18.4. The summed E-state index contributed by atoms with van der Waals surface area (Å²) in [5.74, 6) is -1.08. The van der Waals surface area contributed by atoms with Crippen LogP contribution in [0.2, 0.25) is 0 Å². The molecule has 7 nitrogen and oxygen atoms in total. The molecule has 2 aliphatic rings. The third kappa shape index (κ3) is 5.72. The molecule has 1 fully saturated rings. The van der Waals surface area contributed by atoms with Crippen LogP contribution < -0.4 is 10.2 Å². The van der Waals surface area contributed by atoms with E-state index in [1.807, 2.05) is 71.0 Å². The van der Waals surface area contributed by atoms with Gasteiger partial charge in [0.15, 0.2) is 5.78 Å². The first-order chi connectivity index (χ1) is 17.9. The second-order valence-electron chi connectivity index (χ2n) is 11.7. The highest BCUT2D eigenvalue weighted by atomic mass is 16.5. The number of carbonyl (C=O) groups is 4. The molecule has 0 bridgehead atoms. The first-order valence-electron chi connectivity index (χ1n) is 13.1. The number of carbonyl (C=O) groups excluding carboxylic acids is 4. The van der Waals surface area contributed by atoms with Crippen molar-refractivity contribution in [2.45, 2.75) is 72.3 Å². The van der Waals surface area contributed by atoms with E-state index >= 15 is 0 Å². The molecule has 1 saturated heterocycles. The highest BCUT2D eigenvalue weighted by molar-refractivity contribution is 6.22. The lowest BCUT2D eigenvalue weighted by Gasteiger charge is -2.34. The van der Waals surface area contributed by atoms with Gasteiger partial charge in [-0.05, 0) is 53.0 Å². The van der Waals surface area contributed by atoms with Gasteiger partial charge >= 0.3 is 6.09 Å². The van der Waals surface area contributed by atoms with E-state index in [1.165, 1.54) is 4.90 Å². The van der Waals surface area contributed by atoms with Crippen LogP contribution in [0.25, 0.3) is 0 Å². The van der Waals surface area contributed by atoms with Crippen LogP contribution >= 0.6 is 0 Å². The zero-order valence-corrected chi connectivity index (χ0v) is 22.8. The number of hydrogen-bond donors (Lipinski definition) is 1. The van der Waals surface area contributed by atoms with Crippen molar-refractivity contribution < 1.29 is 23.9 Å². The second-order valence-corrected chi connectivity index (χ2v) is 11.7. The maximum absolute atomic E-state index is 13.8. The minimum atomic E-state index is -0.629. The monoisotopic (exact) mass is 516 g/mol. The fourth-order valence-corrected chi connectivity index (χ4v) is 5.28. The number of anilines is 2. The van der Waals surface area contributed by atoms with Gasteiger partial charge in [0.25, 0.3) is 0 Å². The van der Waals surface area contributed by atoms with Gasteiger partial charge < -0.3 is 4.74 Å². The topological polar surface area (TPSA) is 92.8 Å². The maximum Gasteiger partial charge on any atom is 0.411 e. The molecule has 38 heavy (non-hydrogen) atoms. The van der Waals surface area contributed by atoms with Crippen LogP contribution in [0.3, 0.4) is 0 Å². The molecule has 0 saturated carbocycles. The Hall–Kier alpha value is -3.74. The van der Waals surface area contributed by atoms with E-state index in [1.54, 1.807) is 18.2 Å². The van der Waals surface area contributed by atoms with E-state index in [4.69, 9.17) is 4.74 Å². The second kappa shape index (κ2) is 10.6. The highest BCUT2D eigenvalue weighted by Crippen LogP contribution is 2.46. The Labute approximate surface area is 224 Å². The van der Waals surface area contributed by atoms with Crippen molar-refractivity contribution in [1.29, 1.82) is 0 Å². The molecule has 1 heterocycles. The molecule has 0 spiro atoms. The van der Waals surface area contributed by atoms with Crippen molar-refractivity contribution in [3.05, 3.63) is 71.3 Å². The zero-order chi connectivity index (χ0) is 27.7. The number of benzene rings is 2. The molecule has 200 valence electrons. The zero-order valence-electron chi connectivity index (χ0n) is 22.8. The number of amides is 3. The molecule has 1 aliphatic heterocycles. The largest absolute Gasteiger partial charge is 0.444 e. The third-order valence-electron chi connectivity index (χ3n) is 7.56. The molecular weight excluding hydrogens is 480 g/mol. The van der Waals surface area contributed by atoms with Crippen LogP contribution in [0.4, 0.5) is 16.2 Å². The molecule has 1 atom stereocenters. The lowest BCUT2D eigenvalue weighted by Crippen LogP contribution is -2.37. The van der Waals surface area contributed by atoms with Crippen molar-refractivity contribution in [3.8, 4) is 0 Å². The van der Waals surface area contributed by atoms with E-state index in [0.29, 0.717) is 17.8 Å². The van der Waals surface area contributed by atoms with Gasteiger partial charge in [-0.2, -0.15) is 0 Å². The van der Waals surface area contributed by atoms with Gasteiger partial charge in [-0.3, -0.25) is 19.7 Å². The summed E-state index contributed by atoms with van der Waals surface area (Å²) in [4.78, 5) is 53.1. The number of nitrogens with zero attached hydrogens (tertiary/aromatic N) is 1. The molecular formula is C31H36N2O5. The molecule has 2 aromatic carbocycles. The molecule has 7 heteroatoms. The molecule has 1 N–H and O–H groups in total. The Bertz CT molecular complexity index is 1290. The lowest BCUT2D eigenvalue weighted by atomic mass is 9.69. The minimum absolute atomic E-state index is 0.0672. The summed E-state index contributed by atoms with van der Waals surface area (Å²) in [6.07, 6.45) is 3.12. The van der Waals surface area contributed by atoms with Gasteiger partial charge in [-0.15, -0.1) is 0 Å². The number of hydrogen-bond acceptors (Lipinski definition) is 5. The van der Waals surface area contributed by atoms with Crippen molar-refractivity contribution in [2.24, 2.45) is 11.3 Å². The molecule has 4 rings (SSSR count). The summed E-state index contributed by atoms with van der Waals surface area (Å²) in [6, 6.07) is 14.6. The summed E-state index contributed by atoms with van der Waals surface area (Å²) >= 11 is 0. The average Bonchev–Trinajstić information content (AvgIpc) is 3.17. The molecule has 1 aliphatic carbocycles. The summed E-state index contributed by atoms with van der Waals surface area (Å²) in [7, 11) is 0. The Morgan fingerprint density at radius 1 is 1.00 bits per heavy atom. The van der Waals surface area contributed by atoms with E-state index in [-0.39, 0.29) is 36.0 Å². The quantitative estimate of drug-likeness (QED) is 0.454. The molecule has 2 aromatic rings. The summed E-state index contributed by atoms with van der Waals surface area (Å²) in [6.45, 7) is 10.1.